The summed E-state index contributed by atoms with van der Waals surface area (Å²) in [5.41, 5.74) is 0.872. The fourth-order valence-corrected chi connectivity index (χ4v) is 3.62. The van der Waals surface area contributed by atoms with E-state index in [1.807, 2.05) is 37.8 Å². The highest BCUT2D eigenvalue weighted by Gasteiger charge is 2.35. The van der Waals surface area contributed by atoms with Crippen molar-refractivity contribution in [1.29, 1.82) is 5.26 Å². The molecule has 1 atom stereocenters. The number of benzene rings is 1. The highest BCUT2D eigenvalue weighted by atomic mass is 16.6. The molecule has 1 aromatic rings. The molecule has 0 bridgehead atoms. The average Bonchev–Trinajstić information content (AvgIpc) is 2.72. The number of carbonyl (C=O) groups is 2. The third-order valence-electron chi connectivity index (χ3n) is 5.22. The molecule has 0 spiro atoms. The second-order valence-electron chi connectivity index (χ2n) is 8.94. The van der Waals surface area contributed by atoms with Crippen LogP contribution in [-0.2, 0) is 16.0 Å². The van der Waals surface area contributed by atoms with E-state index in [-0.39, 0.29) is 5.91 Å². The summed E-state index contributed by atoms with van der Waals surface area (Å²) in [4.78, 5) is 30.1. The predicted molar refractivity (Wildman–Crippen MR) is 117 cm³/mol. The van der Waals surface area contributed by atoms with Crippen molar-refractivity contribution in [3.63, 3.8) is 0 Å². The van der Waals surface area contributed by atoms with Crippen LogP contribution in [0, 0.1) is 11.3 Å². The molecule has 6 nitrogen and oxygen atoms in total. The second-order valence-corrected chi connectivity index (χ2v) is 8.94. The predicted octanol–water partition coefficient (Wildman–Crippen LogP) is 4.52. The molecule has 0 N–H and O–H groups in total. The second kappa shape index (κ2) is 11.0. The number of carbonyl (C=O) groups excluding carboxylic acids is 2. The Hall–Kier alpha value is -2.55. The van der Waals surface area contributed by atoms with Crippen molar-refractivity contribution < 1.29 is 14.3 Å². The maximum absolute atomic E-state index is 13.5. The normalized spacial score (nSPS) is 15.2. The van der Waals surface area contributed by atoms with Crippen LogP contribution in [0.3, 0.4) is 0 Å². The molecule has 0 radical (unpaired) electrons. The van der Waals surface area contributed by atoms with Gasteiger partial charge in [-0.15, -0.1) is 0 Å². The molecule has 0 unspecified atom stereocenters. The zero-order chi connectivity index (χ0) is 22.1. The first-order valence-corrected chi connectivity index (χ1v) is 11.0. The van der Waals surface area contributed by atoms with Gasteiger partial charge in [0.1, 0.15) is 11.6 Å². The van der Waals surface area contributed by atoms with E-state index in [0.717, 1.165) is 50.8 Å². The van der Waals surface area contributed by atoms with Crippen molar-refractivity contribution >= 4 is 12.0 Å². The van der Waals surface area contributed by atoms with Crippen LogP contribution in [0.15, 0.2) is 24.3 Å². The Morgan fingerprint density at radius 3 is 2.33 bits per heavy atom. The molecule has 0 aromatic heterocycles. The van der Waals surface area contributed by atoms with Crippen molar-refractivity contribution in [3.8, 4) is 6.07 Å². The number of amides is 2. The van der Waals surface area contributed by atoms with Gasteiger partial charge in [0.15, 0.2) is 0 Å². The molecule has 2 rings (SSSR count). The van der Waals surface area contributed by atoms with Gasteiger partial charge in [-0.2, -0.15) is 5.26 Å². The lowest BCUT2D eigenvalue weighted by molar-refractivity contribution is -0.138. The fourth-order valence-electron chi connectivity index (χ4n) is 3.62. The molecule has 30 heavy (non-hydrogen) atoms. The average molecular weight is 414 g/mol. The fraction of sp³-hybridized carbons (Fsp3) is 0.625. The van der Waals surface area contributed by atoms with Crippen molar-refractivity contribution in [2.24, 2.45) is 0 Å². The van der Waals surface area contributed by atoms with Crippen molar-refractivity contribution in [1.82, 2.24) is 9.80 Å². The molecular weight excluding hydrogens is 378 g/mol. The summed E-state index contributed by atoms with van der Waals surface area (Å²) >= 11 is 0. The number of nitrogens with zero attached hydrogens (tertiary/aromatic N) is 3. The van der Waals surface area contributed by atoms with E-state index in [4.69, 9.17) is 10.00 Å². The Bertz CT molecular complexity index is 740. The first-order valence-electron chi connectivity index (χ1n) is 11.0. The van der Waals surface area contributed by atoms with Gasteiger partial charge in [-0.3, -0.25) is 9.69 Å². The van der Waals surface area contributed by atoms with E-state index >= 15 is 0 Å². The Labute approximate surface area is 180 Å². The van der Waals surface area contributed by atoms with Crippen LogP contribution in [0.4, 0.5) is 4.79 Å². The van der Waals surface area contributed by atoms with Crippen molar-refractivity contribution in [2.75, 3.05) is 19.6 Å². The Morgan fingerprint density at radius 2 is 1.80 bits per heavy atom. The van der Waals surface area contributed by atoms with E-state index in [2.05, 4.69) is 13.0 Å². The number of hydrogen-bond donors (Lipinski definition) is 0. The lowest BCUT2D eigenvalue weighted by Crippen LogP contribution is -2.54. The number of nitriles is 1. The third-order valence-corrected chi connectivity index (χ3v) is 5.22. The molecule has 164 valence electrons. The van der Waals surface area contributed by atoms with Gasteiger partial charge in [0, 0.05) is 26.1 Å². The van der Waals surface area contributed by atoms with E-state index < -0.39 is 17.7 Å². The minimum atomic E-state index is -0.630. The van der Waals surface area contributed by atoms with Gasteiger partial charge in [0.2, 0.25) is 5.91 Å². The minimum absolute atomic E-state index is 0.0129. The molecule has 0 saturated carbocycles. The standard InChI is InChI=1S/C24H35N3O3/c1-5-6-16-27(23(29)30-24(2,3)4)21(22(28)26-14-8-7-9-15-26)17-19-10-12-20(18-25)13-11-19/h10-13,21H,5-9,14-17H2,1-4H3/t21-/m0/s1. The molecule has 2 amide bonds. The first kappa shape index (κ1) is 23.7. The van der Waals surface area contributed by atoms with E-state index in [9.17, 15) is 9.59 Å². The van der Waals surface area contributed by atoms with Crippen LogP contribution in [0.25, 0.3) is 0 Å². The maximum atomic E-state index is 13.5. The van der Waals surface area contributed by atoms with Crippen LogP contribution in [0.1, 0.15) is 70.9 Å². The lowest BCUT2D eigenvalue weighted by Gasteiger charge is -2.37. The monoisotopic (exact) mass is 413 g/mol. The third kappa shape index (κ3) is 7.05. The minimum Gasteiger partial charge on any atom is -0.444 e. The van der Waals surface area contributed by atoms with Gasteiger partial charge in [-0.05, 0) is 64.2 Å². The Balaban J connectivity index is 2.33. The molecule has 1 fully saturated rings. The maximum Gasteiger partial charge on any atom is 0.410 e. The molecule has 1 aliphatic rings. The van der Waals surface area contributed by atoms with E-state index in [1.54, 1.807) is 17.0 Å². The zero-order valence-corrected chi connectivity index (χ0v) is 18.8. The highest BCUT2D eigenvalue weighted by Crippen LogP contribution is 2.20. The summed E-state index contributed by atoms with van der Waals surface area (Å²) in [6, 6.07) is 8.73. The lowest BCUT2D eigenvalue weighted by atomic mass is 10.0. The molecule has 6 heteroatoms. The molecule has 0 aliphatic carbocycles. The number of ether oxygens (including phenoxy) is 1. The van der Waals surface area contributed by atoms with Gasteiger partial charge in [0.05, 0.1) is 11.6 Å². The van der Waals surface area contributed by atoms with E-state index in [0.29, 0.717) is 18.5 Å². The first-order chi connectivity index (χ1) is 14.2. The summed E-state index contributed by atoms with van der Waals surface area (Å²) in [6.45, 7) is 9.53. The number of unbranched alkanes of at least 4 members (excludes halogenated alkanes) is 1. The van der Waals surface area contributed by atoms with Crippen LogP contribution in [-0.4, -0.2) is 53.1 Å². The van der Waals surface area contributed by atoms with Crippen LogP contribution < -0.4 is 0 Å². The van der Waals surface area contributed by atoms with E-state index in [1.165, 1.54) is 0 Å². The smallest absolute Gasteiger partial charge is 0.410 e. The van der Waals surface area contributed by atoms with Crippen molar-refractivity contribution in [3.05, 3.63) is 35.4 Å². The largest absolute Gasteiger partial charge is 0.444 e. The van der Waals surface area contributed by atoms with Crippen LogP contribution in [0.5, 0.6) is 0 Å². The highest BCUT2D eigenvalue weighted by molar-refractivity contribution is 5.86. The molecule has 1 saturated heterocycles. The van der Waals surface area contributed by atoms with Crippen LogP contribution >= 0.6 is 0 Å². The Morgan fingerprint density at radius 1 is 1.17 bits per heavy atom. The van der Waals surface area contributed by atoms with Gasteiger partial charge in [0.25, 0.3) is 0 Å². The van der Waals surface area contributed by atoms with Gasteiger partial charge in [-0.25, -0.2) is 4.79 Å². The van der Waals surface area contributed by atoms with Crippen LogP contribution in [0.2, 0.25) is 0 Å². The summed E-state index contributed by atoms with van der Waals surface area (Å²) in [5, 5.41) is 9.05. The molecule has 1 heterocycles. The Kier molecular flexibility index (Phi) is 8.71. The quantitative estimate of drug-likeness (QED) is 0.659. The number of piperidine rings is 1. The number of hydrogen-bond acceptors (Lipinski definition) is 4. The number of rotatable bonds is 7. The summed E-state index contributed by atoms with van der Waals surface area (Å²) in [6.07, 6.45) is 4.81. The van der Waals surface area contributed by atoms with Crippen molar-refractivity contribution in [2.45, 2.75) is 77.9 Å². The summed E-state index contributed by atoms with van der Waals surface area (Å²) in [7, 11) is 0. The number of likely N-dealkylation sites (tertiary alicyclic amines) is 1. The summed E-state index contributed by atoms with van der Waals surface area (Å²) < 4.78 is 5.66. The van der Waals surface area contributed by atoms with Gasteiger partial charge < -0.3 is 9.64 Å². The topological polar surface area (TPSA) is 73.6 Å². The van der Waals surface area contributed by atoms with Gasteiger partial charge >= 0.3 is 6.09 Å². The molecule has 1 aromatic carbocycles. The molecule has 1 aliphatic heterocycles. The SMILES string of the molecule is CCCCN(C(=O)OC(C)(C)C)[C@@H](Cc1ccc(C#N)cc1)C(=O)N1CCCCC1. The zero-order valence-electron chi connectivity index (χ0n) is 18.8. The molecular formula is C24H35N3O3. The van der Waals surface area contributed by atoms with Gasteiger partial charge in [-0.1, -0.05) is 25.5 Å². The summed E-state index contributed by atoms with van der Waals surface area (Å²) in [5.74, 6) is -0.0129.